The molecule has 3 nitrogen and oxygen atoms in total. The second kappa shape index (κ2) is 5.73. The molecular weight excluding hydrogens is 284 g/mol. The summed E-state index contributed by atoms with van der Waals surface area (Å²) in [7, 11) is 0. The molecule has 3 rings (SSSR count). The molecule has 1 N–H and O–H groups in total. The van der Waals surface area contributed by atoms with E-state index >= 15 is 0 Å². The van der Waals surface area contributed by atoms with Crippen LogP contribution < -0.4 is 5.32 Å². The van der Waals surface area contributed by atoms with Crippen LogP contribution in [0.1, 0.15) is 53.4 Å². The molecule has 0 aromatic heterocycles. The number of nitrogens with one attached hydrogen (secondary N) is 1. The highest BCUT2D eigenvalue weighted by atomic mass is 35.5. The number of carbonyl (C=O) groups is 1. The van der Waals surface area contributed by atoms with Crippen LogP contribution in [0.4, 0.5) is 0 Å². The molecule has 1 aliphatic carbocycles. The van der Waals surface area contributed by atoms with Crippen molar-refractivity contribution in [1.29, 1.82) is 0 Å². The Morgan fingerprint density at radius 2 is 1.62 bits per heavy atom. The van der Waals surface area contributed by atoms with E-state index in [0.29, 0.717) is 5.91 Å². The van der Waals surface area contributed by atoms with Crippen molar-refractivity contribution in [1.82, 2.24) is 10.2 Å². The lowest BCUT2D eigenvalue weighted by Gasteiger charge is -2.35. The third-order valence-corrected chi connectivity index (χ3v) is 6.79. The molecule has 3 aliphatic rings. The van der Waals surface area contributed by atoms with Gasteiger partial charge in [-0.15, -0.1) is 12.4 Å². The van der Waals surface area contributed by atoms with Crippen molar-refractivity contribution < 1.29 is 4.79 Å². The minimum Gasteiger partial charge on any atom is -0.342 e. The molecular formula is C17H31ClN2O. The van der Waals surface area contributed by atoms with Crippen LogP contribution in [0.15, 0.2) is 0 Å². The van der Waals surface area contributed by atoms with Gasteiger partial charge >= 0.3 is 0 Å². The molecule has 2 saturated heterocycles. The maximum Gasteiger partial charge on any atom is 0.226 e. The maximum absolute atomic E-state index is 12.7. The molecule has 0 aromatic carbocycles. The van der Waals surface area contributed by atoms with Gasteiger partial charge in [0.25, 0.3) is 0 Å². The van der Waals surface area contributed by atoms with Crippen LogP contribution in [0.2, 0.25) is 0 Å². The van der Waals surface area contributed by atoms with E-state index in [-0.39, 0.29) is 29.2 Å². The Bertz CT molecular complexity index is 380. The summed E-state index contributed by atoms with van der Waals surface area (Å²) in [5.41, 5.74) is 0.349. The number of piperidine rings is 1. The van der Waals surface area contributed by atoms with Crippen LogP contribution >= 0.6 is 12.4 Å². The first kappa shape index (κ1) is 17.1. The Balaban J connectivity index is 0.00000161. The molecule has 1 unspecified atom stereocenters. The van der Waals surface area contributed by atoms with E-state index in [9.17, 15) is 4.79 Å². The number of carbonyl (C=O) groups excluding carboxylic acids is 1. The topological polar surface area (TPSA) is 32.3 Å². The highest BCUT2D eigenvalue weighted by Gasteiger charge is 2.68. The average molecular weight is 315 g/mol. The van der Waals surface area contributed by atoms with E-state index < -0.39 is 0 Å². The lowest BCUT2D eigenvalue weighted by Crippen LogP contribution is -2.44. The second-order valence-electron chi connectivity index (χ2n) is 8.24. The van der Waals surface area contributed by atoms with E-state index in [0.717, 1.165) is 25.0 Å². The summed E-state index contributed by atoms with van der Waals surface area (Å²) in [5.74, 6) is 1.44. The molecule has 3 fully saturated rings. The molecule has 0 spiro atoms. The summed E-state index contributed by atoms with van der Waals surface area (Å²) in [6, 6.07) is 0.723. The number of likely N-dealkylation sites (tertiary alicyclic amines) is 1. The van der Waals surface area contributed by atoms with E-state index in [2.05, 4.69) is 37.9 Å². The van der Waals surface area contributed by atoms with E-state index in [4.69, 9.17) is 0 Å². The van der Waals surface area contributed by atoms with E-state index in [1.165, 1.54) is 32.2 Å². The predicted octanol–water partition coefficient (Wildman–Crippen LogP) is 3.08. The average Bonchev–Trinajstić information content (AvgIpc) is 2.82. The number of hydrogen-bond acceptors (Lipinski definition) is 2. The molecule has 1 saturated carbocycles. The van der Waals surface area contributed by atoms with Crippen molar-refractivity contribution in [3.8, 4) is 0 Å². The van der Waals surface area contributed by atoms with Crippen LogP contribution in [0.25, 0.3) is 0 Å². The molecule has 122 valence electrons. The number of hydrogen-bond donors (Lipinski definition) is 1. The van der Waals surface area contributed by atoms with Gasteiger partial charge in [-0.05, 0) is 49.0 Å². The van der Waals surface area contributed by atoms with Gasteiger partial charge < -0.3 is 10.2 Å². The van der Waals surface area contributed by atoms with Gasteiger partial charge in [-0.3, -0.25) is 4.79 Å². The van der Waals surface area contributed by atoms with Gasteiger partial charge in [0.1, 0.15) is 0 Å². The summed E-state index contributed by atoms with van der Waals surface area (Å²) in [5, 5.41) is 3.63. The van der Waals surface area contributed by atoms with Crippen LogP contribution in [-0.4, -0.2) is 36.5 Å². The molecule has 1 atom stereocenters. The van der Waals surface area contributed by atoms with Gasteiger partial charge in [0, 0.05) is 25.0 Å². The van der Waals surface area contributed by atoms with Crippen molar-refractivity contribution in [3.63, 3.8) is 0 Å². The van der Waals surface area contributed by atoms with Gasteiger partial charge in [0.2, 0.25) is 5.91 Å². The van der Waals surface area contributed by atoms with Crippen LogP contribution in [0.3, 0.4) is 0 Å². The Kier molecular flexibility index (Phi) is 4.66. The Labute approximate surface area is 135 Å². The first-order chi connectivity index (χ1) is 9.35. The highest BCUT2D eigenvalue weighted by Crippen LogP contribution is 2.68. The molecule has 21 heavy (non-hydrogen) atoms. The number of rotatable bonds is 2. The predicted molar refractivity (Wildman–Crippen MR) is 88.6 cm³/mol. The van der Waals surface area contributed by atoms with Crippen molar-refractivity contribution >= 4 is 18.3 Å². The number of halogens is 1. The summed E-state index contributed by atoms with van der Waals surface area (Å²) in [4.78, 5) is 14.9. The first-order valence-electron chi connectivity index (χ1n) is 8.38. The minimum absolute atomic E-state index is 0. The van der Waals surface area contributed by atoms with Gasteiger partial charge in [0.05, 0.1) is 0 Å². The zero-order valence-electron chi connectivity index (χ0n) is 13.9. The SMILES string of the molecule is CC1(C)C(C(=O)N2CCC(C3CCCN3)CC2)C1(C)C.Cl. The number of nitrogens with zero attached hydrogens (tertiary/aromatic N) is 1. The molecule has 2 aliphatic heterocycles. The molecule has 0 radical (unpaired) electrons. The fraction of sp³-hybridized carbons (Fsp3) is 0.941. The lowest BCUT2D eigenvalue weighted by molar-refractivity contribution is -0.135. The van der Waals surface area contributed by atoms with Crippen LogP contribution in [-0.2, 0) is 4.79 Å². The van der Waals surface area contributed by atoms with E-state index in [1.807, 2.05) is 0 Å². The van der Waals surface area contributed by atoms with E-state index in [1.54, 1.807) is 0 Å². The first-order valence-corrected chi connectivity index (χ1v) is 8.38. The van der Waals surface area contributed by atoms with Crippen LogP contribution in [0.5, 0.6) is 0 Å². The van der Waals surface area contributed by atoms with Crippen molar-refractivity contribution in [2.24, 2.45) is 22.7 Å². The smallest absolute Gasteiger partial charge is 0.226 e. The zero-order chi connectivity index (χ0) is 14.5. The Morgan fingerprint density at radius 3 is 2.05 bits per heavy atom. The van der Waals surface area contributed by atoms with Gasteiger partial charge in [-0.25, -0.2) is 0 Å². The third-order valence-electron chi connectivity index (χ3n) is 6.79. The molecule has 1 amide bonds. The van der Waals surface area contributed by atoms with Gasteiger partial charge in [-0.2, -0.15) is 0 Å². The standard InChI is InChI=1S/C17H30N2O.ClH/c1-16(2)14(17(16,3)4)15(20)19-10-7-12(8-11-19)13-6-5-9-18-13;/h12-14,18H,5-11H2,1-4H3;1H. The summed E-state index contributed by atoms with van der Waals surface area (Å²) >= 11 is 0. The fourth-order valence-corrected chi connectivity index (χ4v) is 4.63. The number of amides is 1. The summed E-state index contributed by atoms with van der Waals surface area (Å²) in [6.45, 7) is 12.1. The van der Waals surface area contributed by atoms with Gasteiger partial charge in [0.15, 0.2) is 0 Å². The molecule has 2 heterocycles. The second-order valence-corrected chi connectivity index (χ2v) is 8.24. The van der Waals surface area contributed by atoms with Crippen molar-refractivity contribution in [2.45, 2.75) is 59.4 Å². The molecule has 0 aromatic rings. The van der Waals surface area contributed by atoms with Crippen molar-refractivity contribution in [3.05, 3.63) is 0 Å². The Hall–Kier alpha value is -0.280. The minimum atomic E-state index is 0. The van der Waals surface area contributed by atoms with Crippen molar-refractivity contribution in [2.75, 3.05) is 19.6 Å². The molecule has 0 bridgehead atoms. The third kappa shape index (κ3) is 2.72. The highest BCUT2D eigenvalue weighted by molar-refractivity contribution is 5.85. The van der Waals surface area contributed by atoms with Crippen LogP contribution in [0, 0.1) is 22.7 Å². The molecule has 4 heteroatoms. The largest absolute Gasteiger partial charge is 0.342 e. The fourth-order valence-electron chi connectivity index (χ4n) is 4.63. The van der Waals surface area contributed by atoms with Gasteiger partial charge in [-0.1, -0.05) is 27.7 Å². The maximum atomic E-state index is 12.7. The monoisotopic (exact) mass is 314 g/mol. The lowest BCUT2D eigenvalue weighted by atomic mass is 9.88. The summed E-state index contributed by atoms with van der Waals surface area (Å²) < 4.78 is 0. The quantitative estimate of drug-likeness (QED) is 0.849. The zero-order valence-corrected chi connectivity index (χ0v) is 14.8. The summed E-state index contributed by atoms with van der Waals surface area (Å²) in [6.07, 6.45) is 5.05. The normalized spacial score (nSPS) is 31.8. The Morgan fingerprint density at radius 1 is 1.05 bits per heavy atom.